The van der Waals surface area contributed by atoms with E-state index in [9.17, 15) is 0 Å². The van der Waals surface area contributed by atoms with Gasteiger partial charge in [0.1, 0.15) is 0 Å². The van der Waals surface area contributed by atoms with Crippen LogP contribution in [0.5, 0.6) is 0 Å². The number of rotatable bonds is 6. The molecule has 1 aromatic carbocycles. The van der Waals surface area contributed by atoms with Gasteiger partial charge in [-0.05, 0) is 30.0 Å². The Morgan fingerprint density at radius 1 is 1.12 bits per heavy atom. The number of unbranched alkanes of at least 4 members (excludes halogenated alkanes) is 3. The maximum absolute atomic E-state index is 3.29. The van der Waals surface area contributed by atoms with Gasteiger partial charge in [0, 0.05) is 17.1 Å². The Balaban J connectivity index is 2.03. The fourth-order valence-corrected chi connectivity index (χ4v) is 2.57. The summed E-state index contributed by atoms with van der Waals surface area (Å²) in [6.07, 6.45) is 8.78. The van der Waals surface area contributed by atoms with Gasteiger partial charge >= 0.3 is 0 Å². The lowest BCUT2D eigenvalue weighted by Crippen LogP contribution is -1.94. The molecule has 0 aliphatic carbocycles. The first-order valence-electron chi connectivity index (χ1n) is 6.89. The standard InChI is InChI=1S/C16H23N/c1-3-4-5-6-8-13(2)14-9-7-10-16-15(14)11-12-17-16/h7,9-13,17H,3-6,8H2,1-2H3. The van der Waals surface area contributed by atoms with Crippen LogP contribution in [0, 0.1) is 0 Å². The van der Waals surface area contributed by atoms with E-state index < -0.39 is 0 Å². The van der Waals surface area contributed by atoms with Gasteiger partial charge in [-0.2, -0.15) is 0 Å². The molecule has 0 aliphatic heterocycles. The first kappa shape index (κ1) is 12.2. The average molecular weight is 229 g/mol. The highest BCUT2D eigenvalue weighted by molar-refractivity contribution is 5.83. The molecule has 1 nitrogen and oxygen atoms in total. The Morgan fingerprint density at radius 3 is 2.82 bits per heavy atom. The molecule has 17 heavy (non-hydrogen) atoms. The number of benzene rings is 1. The number of aromatic amines is 1. The van der Waals surface area contributed by atoms with Crippen LogP contribution < -0.4 is 0 Å². The topological polar surface area (TPSA) is 15.8 Å². The van der Waals surface area contributed by atoms with Crippen molar-refractivity contribution in [2.75, 3.05) is 0 Å². The second kappa shape index (κ2) is 5.90. The predicted octanol–water partition coefficient (Wildman–Crippen LogP) is 5.24. The van der Waals surface area contributed by atoms with Crippen molar-refractivity contribution < 1.29 is 0 Å². The van der Waals surface area contributed by atoms with Gasteiger partial charge in [-0.25, -0.2) is 0 Å². The molecule has 1 N–H and O–H groups in total. The average Bonchev–Trinajstić information content (AvgIpc) is 2.82. The zero-order chi connectivity index (χ0) is 12.1. The van der Waals surface area contributed by atoms with E-state index in [1.165, 1.54) is 48.6 Å². The van der Waals surface area contributed by atoms with E-state index in [-0.39, 0.29) is 0 Å². The molecule has 1 unspecified atom stereocenters. The van der Waals surface area contributed by atoms with E-state index in [2.05, 4.69) is 43.1 Å². The molecular weight excluding hydrogens is 206 g/mol. The molecule has 1 aromatic heterocycles. The molecule has 0 fully saturated rings. The Morgan fingerprint density at radius 2 is 2.00 bits per heavy atom. The minimum atomic E-state index is 0.673. The number of fused-ring (bicyclic) bond motifs is 1. The predicted molar refractivity (Wildman–Crippen MR) is 75.5 cm³/mol. The first-order valence-corrected chi connectivity index (χ1v) is 6.89. The van der Waals surface area contributed by atoms with Crippen LogP contribution in [-0.2, 0) is 0 Å². The third-order valence-electron chi connectivity index (χ3n) is 3.65. The van der Waals surface area contributed by atoms with Crippen molar-refractivity contribution in [3.05, 3.63) is 36.0 Å². The molecule has 0 radical (unpaired) electrons. The zero-order valence-electron chi connectivity index (χ0n) is 11.0. The van der Waals surface area contributed by atoms with Gasteiger partial charge in [0.15, 0.2) is 0 Å². The Labute approximate surface area is 104 Å². The van der Waals surface area contributed by atoms with Gasteiger partial charge in [-0.3, -0.25) is 0 Å². The van der Waals surface area contributed by atoms with Crippen molar-refractivity contribution >= 4 is 10.9 Å². The summed E-state index contributed by atoms with van der Waals surface area (Å²) in [4.78, 5) is 3.29. The van der Waals surface area contributed by atoms with Crippen LogP contribution >= 0.6 is 0 Å². The minimum Gasteiger partial charge on any atom is -0.361 e. The molecule has 1 heteroatoms. The Bertz CT molecular complexity index is 455. The van der Waals surface area contributed by atoms with E-state index >= 15 is 0 Å². The molecule has 0 bridgehead atoms. The van der Waals surface area contributed by atoms with Crippen molar-refractivity contribution in [2.45, 2.75) is 51.9 Å². The number of nitrogens with one attached hydrogen (secondary N) is 1. The molecule has 0 saturated heterocycles. The molecule has 0 spiro atoms. The maximum atomic E-state index is 3.29. The molecule has 1 heterocycles. The molecule has 2 rings (SSSR count). The lowest BCUT2D eigenvalue weighted by molar-refractivity contribution is 0.582. The number of aromatic nitrogens is 1. The highest BCUT2D eigenvalue weighted by Gasteiger charge is 2.09. The van der Waals surface area contributed by atoms with Gasteiger partial charge in [-0.1, -0.05) is 51.7 Å². The molecule has 92 valence electrons. The first-order chi connectivity index (χ1) is 8.33. The molecular formula is C16H23N. The lowest BCUT2D eigenvalue weighted by Gasteiger charge is -2.13. The molecule has 0 amide bonds. The SMILES string of the molecule is CCCCCCC(C)c1cccc2[nH]ccc12. The summed E-state index contributed by atoms with van der Waals surface area (Å²) in [5.74, 6) is 0.673. The Kier molecular flexibility index (Phi) is 4.24. The summed E-state index contributed by atoms with van der Waals surface area (Å²) < 4.78 is 0. The normalized spacial score (nSPS) is 13.1. The highest BCUT2D eigenvalue weighted by atomic mass is 14.7. The van der Waals surface area contributed by atoms with Crippen molar-refractivity contribution in [2.24, 2.45) is 0 Å². The van der Waals surface area contributed by atoms with Crippen molar-refractivity contribution in [3.8, 4) is 0 Å². The molecule has 0 aliphatic rings. The van der Waals surface area contributed by atoms with E-state index in [0.717, 1.165) is 0 Å². The highest BCUT2D eigenvalue weighted by Crippen LogP contribution is 2.28. The Hall–Kier alpha value is -1.24. The lowest BCUT2D eigenvalue weighted by atomic mass is 9.92. The van der Waals surface area contributed by atoms with E-state index in [1.807, 2.05) is 6.20 Å². The summed E-state index contributed by atoms with van der Waals surface area (Å²) in [6, 6.07) is 8.80. The molecule has 1 atom stereocenters. The van der Waals surface area contributed by atoms with E-state index in [0.29, 0.717) is 5.92 Å². The second-order valence-electron chi connectivity index (χ2n) is 5.04. The maximum Gasteiger partial charge on any atom is 0.0456 e. The fourth-order valence-electron chi connectivity index (χ4n) is 2.57. The third-order valence-corrected chi connectivity index (χ3v) is 3.65. The van der Waals surface area contributed by atoms with Crippen LogP contribution in [0.25, 0.3) is 10.9 Å². The van der Waals surface area contributed by atoms with Gasteiger partial charge in [0.05, 0.1) is 0 Å². The van der Waals surface area contributed by atoms with E-state index in [1.54, 1.807) is 0 Å². The number of hydrogen-bond donors (Lipinski definition) is 1. The van der Waals surface area contributed by atoms with Gasteiger partial charge in [-0.15, -0.1) is 0 Å². The number of H-pyrrole nitrogens is 1. The van der Waals surface area contributed by atoms with Gasteiger partial charge in [0.25, 0.3) is 0 Å². The van der Waals surface area contributed by atoms with Gasteiger partial charge in [0.2, 0.25) is 0 Å². The van der Waals surface area contributed by atoms with E-state index in [4.69, 9.17) is 0 Å². The summed E-state index contributed by atoms with van der Waals surface area (Å²) in [5.41, 5.74) is 2.77. The van der Waals surface area contributed by atoms with Crippen LogP contribution in [0.3, 0.4) is 0 Å². The fraction of sp³-hybridized carbons (Fsp3) is 0.500. The van der Waals surface area contributed by atoms with Crippen molar-refractivity contribution in [1.29, 1.82) is 0 Å². The molecule has 2 aromatic rings. The minimum absolute atomic E-state index is 0.673. The summed E-state index contributed by atoms with van der Waals surface area (Å²) >= 11 is 0. The monoisotopic (exact) mass is 229 g/mol. The largest absolute Gasteiger partial charge is 0.361 e. The van der Waals surface area contributed by atoms with Gasteiger partial charge < -0.3 is 4.98 Å². The van der Waals surface area contributed by atoms with Crippen LogP contribution in [-0.4, -0.2) is 4.98 Å². The summed E-state index contributed by atoms with van der Waals surface area (Å²) in [7, 11) is 0. The van der Waals surface area contributed by atoms with Crippen molar-refractivity contribution in [1.82, 2.24) is 4.98 Å². The van der Waals surface area contributed by atoms with Crippen LogP contribution in [0.15, 0.2) is 30.5 Å². The van der Waals surface area contributed by atoms with Crippen LogP contribution in [0.2, 0.25) is 0 Å². The summed E-state index contributed by atoms with van der Waals surface area (Å²) in [5, 5.41) is 1.40. The second-order valence-corrected chi connectivity index (χ2v) is 5.04. The quantitative estimate of drug-likeness (QED) is 0.652. The third kappa shape index (κ3) is 2.91. The molecule has 0 saturated carbocycles. The number of hydrogen-bond acceptors (Lipinski definition) is 0. The van der Waals surface area contributed by atoms with Crippen molar-refractivity contribution in [3.63, 3.8) is 0 Å². The summed E-state index contributed by atoms with van der Waals surface area (Å²) in [6.45, 7) is 4.62. The smallest absolute Gasteiger partial charge is 0.0456 e. The zero-order valence-corrected chi connectivity index (χ0v) is 11.0. The van der Waals surface area contributed by atoms with Crippen LogP contribution in [0.1, 0.15) is 57.4 Å². The van der Waals surface area contributed by atoms with Crippen LogP contribution in [0.4, 0.5) is 0 Å².